The molecule has 164 valence electrons. The molecule has 1 aromatic carbocycles. The van der Waals surface area contributed by atoms with Gasteiger partial charge in [-0.25, -0.2) is 0 Å². The van der Waals surface area contributed by atoms with Gasteiger partial charge in [0.2, 0.25) is 5.79 Å². The normalized spacial score (nSPS) is 45.9. The van der Waals surface area contributed by atoms with E-state index in [9.17, 15) is 40.9 Å². The Bertz CT molecular complexity index is 656. The molecule has 1 aromatic rings. The summed E-state index contributed by atoms with van der Waals surface area (Å²) in [5.74, 6) is -2.34. The van der Waals surface area contributed by atoms with Gasteiger partial charge < -0.3 is 55.1 Å². The summed E-state index contributed by atoms with van der Waals surface area (Å²) in [4.78, 5) is 0. The third-order valence-electron chi connectivity index (χ3n) is 5.27. The summed E-state index contributed by atoms with van der Waals surface area (Å²) in [7, 11) is 0. The predicted octanol–water partition coefficient (Wildman–Crippen LogP) is -3.87. The van der Waals surface area contributed by atoms with Gasteiger partial charge >= 0.3 is 0 Å². The minimum Gasteiger partial charge on any atom is -0.394 e. The van der Waals surface area contributed by atoms with Crippen LogP contribution in [0, 0.1) is 0 Å². The van der Waals surface area contributed by atoms with Crippen LogP contribution < -0.4 is 0 Å². The zero-order valence-corrected chi connectivity index (χ0v) is 15.3. The second-order valence-electron chi connectivity index (χ2n) is 7.13. The first kappa shape index (κ1) is 22.5. The molecular formula is C18H26O11. The van der Waals surface area contributed by atoms with Crippen LogP contribution in [0.5, 0.6) is 0 Å². The van der Waals surface area contributed by atoms with Gasteiger partial charge in [-0.3, -0.25) is 0 Å². The van der Waals surface area contributed by atoms with Gasteiger partial charge in [-0.1, -0.05) is 30.3 Å². The molecule has 8 N–H and O–H groups in total. The summed E-state index contributed by atoms with van der Waals surface area (Å²) >= 11 is 0. The van der Waals surface area contributed by atoms with E-state index >= 15 is 0 Å². The Morgan fingerprint density at radius 2 is 1.45 bits per heavy atom. The third-order valence-corrected chi connectivity index (χ3v) is 5.27. The molecular weight excluding hydrogens is 392 g/mol. The van der Waals surface area contributed by atoms with Crippen molar-refractivity contribution < 1.29 is 55.1 Å². The molecule has 0 saturated carbocycles. The minimum absolute atomic E-state index is 0.135. The van der Waals surface area contributed by atoms with E-state index in [1.54, 1.807) is 18.2 Å². The molecule has 10 atom stereocenters. The van der Waals surface area contributed by atoms with Crippen molar-refractivity contribution in [3.8, 4) is 0 Å². The van der Waals surface area contributed by atoms with Crippen LogP contribution in [0.15, 0.2) is 30.3 Å². The van der Waals surface area contributed by atoms with Crippen molar-refractivity contribution in [3.63, 3.8) is 0 Å². The van der Waals surface area contributed by atoms with E-state index < -0.39 is 74.1 Å². The highest BCUT2D eigenvalue weighted by Crippen LogP contribution is 2.38. The molecule has 0 aromatic heterocycles. The van der Waals surface area contributed by atoms with Crippen LogP contribution >= 0.6 is 0 Å². The van der Waals surface area contributed by atoms with Crippen molar-refractivity contribution in [1.29, 1.82) is 0 Å². The SMILES string of the molecule is OC[C@H]1O[C@@H](O[C@H]2[C@H](O)[C@@H](O)C(O)(c3ccccc3)O[C@@H]2CO)[C@H](O)[C@@H](O)[C@H]1O. The van der Waals surface area contributed by atoms with Crippen LogP contribution in [0.4, 0.5) is 0 Å². The lowest BCUT2D eigenvalue weighted by Gasteiger charge is -2.49. The van der Waals surface area contributed by atoms with E-state index in [-0.39, 0.29) is 5.56 Å². The maximum atomic E-state index is 10.8. The average Bonchev–Trinajstić information content (AvgIpc) is 2.74. The van der Waals surface area contributed by atoms with Crippen LogP contribution in [-0.2, 0) is 20.0 Å². The molecule has 11 heteroatoms. The summed E-state index contributed by atoms with van der Waals surface area (Å²) < 4.78 is 16.1. The molecule has 1 unspecified atom stereocenters. The first-order chi connectivity index (χ1) is 13.7. The van der Waals surface area contributed by atoms with Gasteiger partial charge in [-0.2, -0.15) is 0 Å². The number of aliphatic hydroxyl groups excluding tert-OH is 7. The van der Waals surface area contributed by atoms with Gasteiger partial charge in [0.25, 0.3) is 0 Å². The van der Waals surface area contributed by atoms with E-state index in [1.165, 1.54) is 12.1 Å². The van der Waals surface area contributed by atoms with Crippen LogP contribution in [0.25, 0.3) is 0 Å². The molecule has 29 heavy (non-hydrogen) atoms. The lowest BCUT2D eigenvalue weighted by atomic mass is 9.88. The highest BCUT2D eigenvalue weighted by molar-refractivity contribution is 5.23. The quantitative estimate of drug-likeness (QED) is 0.233. The second kappa shape index (κ2) is 8.88. The number of aliphatic hydroxyl groups is 8. The van der Waals surface area contributed by atoms with Gasteiger partial charge in [0.05, 0.1) is 13.2 Å². The molecule has 0 spiro atoms. The van der Waals surface area contributed by atoms with E-state index in [0.29, 0.717) is 0 Å². The highest BCUT2D eigenvalue weighted by Gasteiger charge is 2.56. The zero-order chi connectivity index (χ0) is 21.3. The largest absolute Gasteiger partial charge is 0.394 e. The van der Waals surface area contributed by atoms with Gasteiger partial charge in [0.15, 0.2) is 6.29 Å². The molecule has 2 saturated heterocycles. The molecule has 0 amide bonds. The molecule has 2 aliphatic rings. The fraction of sp³-hybridized carbons (Fsp3) is 0.667. The Balaban J connectivity index is 1.82. The Morgan fingerprint density at radius 3 is 2.03 bits per heavy atom. The molecule has 2 aliphatic heterocycles. The lowest BCUT2D eigenvalue weighted by molar-refractivity contribution is -0.389. The van der Waals surface area contributed by atoms with E-state index in [1.807, 2.05) is 0 Å². The lowest BCUT2D eigenvalue weighted by Crippen LogP contribution is -2.67. The zero-order valence-electron chi connectivity index (χ0n) is 15.3. The molecule has 2 fully saturated rings. The fourth-order valence-corrected chi connectivity index (χ4v) is 3.56. The standard InChI is InChI=1S/C18H26O11/c19-6-9-11(21)12(22)13(23)17(27-9)28-15-10(7-20)29-18(26,16(25)14(15)24)8-4-2-1-3-5-8/h1-5,9-17,19-26H,6-7H2/t9-,10-,11+,12+,13-,14+,15-,16-,17+,18?/m1/s1. The number of rotatable bonds is 5. The maximum absolute atomic E-state index is 10.8. The smallest absolute Gasteiger partial charge is 0.222 e. The van der Waals surface area contributed by atoms with Gasteiger partial charge in [-0.15, -0.1) is 0 Å². The first-order valence-corrected chi connectivity index (χ1v) is 9.13. The summed E-state index contributed by atoms with van der Waals surface area (Å²) in [5.41, 5.74) is 0.135. The summed E-state index contributed by atoms with van der Waals surface area (Å²) in [6.07, 6.45) is -14.5. The summed E-state index contributed by atoms with van der Waals surface area (Å²) in [6, 6.07) is 7.76. The van der Waals surface area contributed by atoms with Crippen molar-refractivity contribution in [3.05, 3.63) is 35.9 Å². The van der Waals surface area contributed by atoms with E-state index in [0.717, 1.165) is 0 Å². The fourth-order valence-electron chi connectivity index (χ4n) is 3.56. The van der Waals surface area contributed by atoms with Crippen LogP contribution in [-0.4, -0.2) is 109 Å². The number of hydrogen-bond acceptors (Lipinski definition) is 11. The predicted molar refractivity (Wildman–Crippen MR) is 93.0 cm³/mol. The van der Waals surface area contributed by atoms with Crippen LogP contribution in [0.3, 0.4) is 0 Å². The Morgan fingerprint density at radius 1 is 0.828 bits per heavy atom. The maximum Gasteiger partial charge on any atom is 0.222 e. The molecule has 0 radical (unpaired) electrons. The molecule has 11 nitrogen and oxygen atoms in total. The first-order valence-electron chi connectivity index (χ1n) is 9.13. The van der Waals surface area contributed by atoms with Gasteiger partial charge in [0, 0.05) is 5.56 Å². The third kappa shape index (κ3) is 4.04. The highest BCUT2D eigenvalue weighted by atomic mass is 16.7. The van der Waals surface area contributed by atoms with Crippen LogP contribution in [0.2, 0.25) is 0 Å². The van der Waals surface area contributed by atoms with E-state index in [2.05, 4.69) is 0 Å². The van der Waals surface area contributed by atoms with Gasteiger partial charge in [0.1, 0.15) is 48.8 Å². The second-order valence-corrected chi connectivity index (χ2v) is 7.13. The van der Waals surface area contributed by atoms with Crippen molar-refractivity contribution in [1.82, 2.24) is 0 Å². The molecule has 2 heterocycles. The number of hydrogen-bond donors (Lipinski definition) is 8. The van der Waals surface area contributed by atoms with Crippen molar-refractivity contribution in [2.45, 2.75) is 60.9 Å². The average molecular weight is 418 g/mol. The topological polar surface area (TPSA) is 190 Å². The Kier molecular flexibility index (Phi) is 6.88. The van der Waals surface area contributed by atoms with E-state index in [4.69, 9.17) is 14.2 Å². The summed E-state index contributed by atoms with van der Waals surface area (Å²) in [5, 5.41) is 80.7. The number of ether oxygens (including phenoxy) is 3. The van der Waals surface area contributed by atoms with Crippen molar-refractivity contribution in [2.24, 2.45) is 0 Å². The Hall–Kier alpha value is -1.22. The summed E-state index contributed by atoms with van der Waals surface area (Å²) in [6.45, 7) is -1.42. The van der Waals surface area contributed by atoms with Gasteiger partial charge in [-0.05, 0) is 0 Å². The van der Waals surface area contributed by atoms with Crippen LogP contribution in [0.1, 0.15) is 5.56 Å². The monoisotopic (exact) mass is 418 g/mol. The minimum atomic E-state index is -2.34. The Labute approximate surface area is 165 Å². The number of benzene rings is 1. The van der Waals surface area contributed by atoms with Crippen molar-refractivity contribution >= 4 is 0 Å². The molecule has 3 rings (SSSR count). The molecule has 0 bridgehead atoms. The van der Waals surface area contributed by atoms with Crippen molar-refractivity contribution in [2.75, 3.05) is 13.2 Å². The molecule has 0 aliphatic carbocycles.